The Morgan fingerprint density at radius 1 is 1.06 bits per heavy atom. The Bertz CT molecular complexity index is 1350. The van der Waals surface area contributed by atoms with Crippen LogP contribution >= 0.6 is 0 Å². The number of hydrogen-bond acceptors (Lipinski definition) is 5. The molecule has 0 unspecified atom stereocenters. The average Bonchev–Trinajstić information content (AvgIpc) is 3.45. The fraction of sp³-hybridized carbons (Fsp3) is 0.148. The van der Waals surface area contributed by atoms with E-state index in [0.29, 0.717) is 29.5 Å². The molecule has 0 bridgehead atoms. The van der Waals surface area contributed by atoms with Crippen molar-refractivity contribution in [1.29, 1.82) is 0 Å². The molecule has 0 fully saturated rings. The van der Waals surface area contributed by atoms with Crippen molar-refractivity contribution in [2.24, 2.45) is 0 Å². The van der Waals surface area contributed by atoms with E-state index in [4.69, 9.17) is 18.6 Å². The summed E-state index contributed by atoms with van der Waals surface area (Å²) in [6.45, 7) is 4.51. The van der Waals surface area contributed by atoms with Crippen LogP contribution in [0.2, 0.25) is 0 Å². The first-order chi connectivity index (χ1) is 16.1. The third-order valence-electron chi connectivity index (χ3n) is 5.47. The van der Waals surface area contributed by atoms with Gasteiger partial charge in [0.15, 0.2) is 11.5 Å². The molecule has 33 heavy (non-hydrogen) atoms. The van der Waals surface area contributed by atoms with Crippen molar-refractivity contribution in [2.45, 2.75) is 13.8 Å². The van der Waals surface area contributed by atoms with Crippen molar-refractivity contribution in [2.75, 3.05) is 18.7 Å². The highest BCUT2D eigenvalue weighted by molar-refractivity contribution is 6.05. The Hall–Kier alpha value is -4.19. The van der Waals surface area contributed by atoms with E-state index in [2.05, 4.69) is 5.32 Å². The minimum Gasteiger partial charge on any atom is -0.493 e. The van der Waals surface area contributed by atoms with Crippen molar-refractivity contribution >= 4 is 28.1 Å². The zero-order valence-electron chi connectivity index (χ0n) is 18.4. The number of hydrogen-bond donors (Lipinski definition) is 1. The molecule has 0 aliphatic carbocycles. The van der Waals surface area contributed by atoms with E-state index < -0.39 is 0 Å². The number of rotatable bonds is 6. The van der Waals surface area contributed by atoms with Crippen LogP contribution in [-0.4, -0.2) is 19.3 Å². The molecular weight excluding hydrogens is 418 g/mol. The van der Waals surface area contributed by atoms with Gasteiger partial charge in [0, 0.05) is 40.4 Å². The molecule has 1 N–H and O–H groups in total. The van der Waals surface area contributed by atoms with Crippen LogP contribution < -0.4 is 19.5 Å². The van der Waals surface area contributed by atoms with Crippen LogP contribution in [0.3, 0.4) is 0 Å². The van der Waals surface area contributed by atoms with Gasteiger partial charge in [0.2, 0.25) is 12.7 Å². The van der Waals surface area contributed by atoms with E-state index in [1.165, 1.54) is 0 Å². The summed E-state index contributed by atoms with van der Waals surface area (Å²) < 4.78 is 22.4. The van der Waals surface area contributed by atoms with E-state index in [1.807, 2.05) is 56.3 Å². The van der Waals surface area contributed by atoms with Gasteiger partial charge in [-0.25, -0.2) is 0 Å². The molecule has 0 atom stereocenters. The van der Waals surface area contributed by atoms with Crippen LogP contribution in [0, 0.1) is 0 Å². The number of ether oxygens (including phenoxy) is 3. The largest absolute Gasteiger partial charge is 0.493 e. The summed E-state index contributed by atoms with van der Waals surface area (Å²) in [5.74, 6) is 1.71. The molecule has 0 saturated carbocycles. The van der Waals surface area contributed by atoms with Crippen LogP contribution in [0.25, 0.3) is 27.7 Å². The molecule has 0 radical (unpaired) electrons. The SMILES string of the molecule is CCOc1cc2occ(-c3ccccc3)c2cc1/C(C)=C/C(=O)Nc1ccc2c(c1)OCO2. The fourth-order valence-electron chi connectivity index (χ4n) is 3.91. The Morgan fingerprint density at radius 3 is 2.70 bits per heavy atom. The highest BCUT2D eigenvalue weighted by Crippen LogP contribution is 2.38. The first-order valence-electron chi connectivity index (χ1n) is 10.7. The second-order valence-corrected chi connectivity index (χ2v) is 7.68. The van der Waals surface area contributed by atoms with Gasteiger partial charge < -0.3 is 23.9 Å². The molecule has 6 heteroatoms. The normalized spacial score (nSPS) is 12.7. The van der Waals surface area contributed by atoms with Gasteiger partial charge in [-0.15, -0.1) is 0 Å². The number of anilines is 1. The van der Waals surface area contributed by atoms with Gasteiger partial charge in [0.25, 0.3) is 0 Å². The molecule has 5 rings (SSSR count). The molecule has 4 aromatic rings. The molecule has 6 nitrogen and oxygen atoms in total. The van der Waals surface area contributed by atoms with E-state index >= 15 is 0 Å². The van der Waals surface area contributed by atoms with E-state index in [-0.39, 0.29) is 12.7 Å². The standard InChI is InChI=1S/C27H23NO5/c1-3-30-24-14-25-21(22(15-31-25)18-7-5-4-6-8-18)13-20(24)17(2)11-27(29)28-19-9-10-23-26(12-19)33-16-32-23/h4-15H,3,16H2,1-2H3,(H,28,29)/b17-11+. The van der Waals surface area contributed by atoms with Crippen LogP contribution in [-0.2, 0) is 4.79 Å². The third kappa shape index (κ3) is 4.15. The lowest BCUT2D eigenvalue weighted by molar-refractivity contribution is -0.111. The lowest BCUT2D eigenvalue weighted by Crippen LogP contribution is -2.08. The lowest BCUT2D eigenvalue weighted by Gasteiger charge is -2.12. The van der Waals surface area contributed by atoms with E-state index in [1.54, 1.807) is 30.5 Å². The molecule has 2 heterocycles. The minimum absolute atomic E-state index is 0.188. The Kier molecular flexibility index (Phi) is 5.48. The molecule has 3 aromatic carbocycles. The number of amides is 1. The molecule has 0 saturated heterocycles. The molecule has 1 amide bonds. The number of fused-ring (bicyclic) bond motifs is 2. The Morgan fingerprint density at radius 2 is 1.88 bits per heavy atom. The topological polar surface area (TPSA) is 69.9 Å². The van der Waals surface area contributed by atoms with Gasteiger partial charge in [-0.1, -0.05) is 30.3 Å². The molecular formula is C27H23NO5. The maximum atomic E-state index is 12.7. The summed E-state index contributed by atoms with van der Waals surface area (Å²) in [7, 11) is 0. The summed E-state index contributed by atoms with van der Waals surface area (Å²) in [6.07, 6.45) is 3.32. The molecule has 1 aliphatic rings. The predicted molar refractivity (Wildman–Crippen MR) is 128 cm³/mol. The first kappa shape index (κ1) is 20.7. The van der Waals surface area contributed by atoms with Crippen molar-refractivity contribution in [3.63, 3.8) is 0 Å². The maximum Gasteiger partial charge on any atom is 0.248 e. The summed E-state index contributed by atoms with van der Waals surface area (Å²) >= 11 is 0. The quantitative estimate of drug-likeness (QED) is 0.357. The van der Waals surface area contributed by atoms with Gasteiger partial charge in [0.1, 0.15) is 11.3 Å². The number of benzene rings is 3. The fourth-order valence-corrected chi connectivity index (χ4v) is 3.91. The monoisotopic (exact) mass is 441 g/mol. The van der Waals surface area contributed by atoms with Gasteiger partial charge in [-0.05, 0) is 43.2 Å². The number of carbonyl (C=O) groups excluding carboxylic acids is 1. The first-order valence-corrected chi connectivity index (χ1v) is 10.7. The van der Waals surface area contributed by atoms with Gasteiger partial charge in [-0.2, -0.15) is 0 Å². The van der Waals surface area contributed by atoms with Gasteiger partial charge in [0.05, 0.1) is 12.9 Å². The average molecular weight is 441 g/mol. The van der Waals surface area contributed by atoms with Crippen LogP contribution in [0.15, 0.2) is 77.4 Å². The second-order valence-electron chi connectivity index (χ2n) is 7.68. The van der Waals surface area contributed by atoms with Gasteiger partial charge >= 0.3 is 0 Å². The molecule has 166 valence electrons. The molecule has 1 aromatic heterocycles. The van der Waals surface area contributed by atoms with Crippen molar-refractivity contribution in [3.8, 4) is 28.4 Å². The number of nitrogens with one attached hydrogen (secondary N) is 1. The second kappa shape index (κ2) is 8.74. The van der Waals surface area contributed by atoms with Crippen LogP contribution in [0.5, 0.6) is 17.2 Å². The van der Waals surface area contributed by atoms with Crippen molar-refractivity contribution in [1.82, 2.24) is 0 Å². The third-order valence-corrected chi connectivity index (χ3v) is 5.47. The number of furan rings is 1. The van der Waals surface area contributed by atoms with Crippen LogP contribution in [0.4, 0.5) is 5.69 Å². The highest BCUT2D eigenvalue weighted by atomic mass is 16.7. The van der Waals surface area contributed by atoms with Crippen molar-refractivity contribution < 1.29 is 23.4 Å². The zero-order valence-corrected chi connectivity index (χ0v) is 18.4. The predicted octanol–water partition coefficient (Wildman–Crippen LogP) is 6.27. The number of allylic oxidation sites excluding steroid dienone is 1. The minimum atomic E-state index is -0.246. The Balaban J connectivity index is 1.48. The lowest BCUT2D eigenvalue weighted by atomic mass is 9.99. The zero-order chi connectivity index (χ0) is 22.8. The molecule has 1 aliphatic heterocycles. The maximum absolute atomic E-state index is 12.7. The van der Waals surface area contributed by atoms with E-state index in [9.17, 15) is 4.79 Å². The summed E-state index contributed by atoms with van der Waals surface area (Å²) in [5.41, 5.74) is 5.04. The van der Waals surface area contributed by atoms with Crippen LogP contribution in [0.1, 0.15) is 19.4 Å². The smallest absolute Gasteiger partial charge is 0.248 e. The van der Waals surface area contributed by atoms with E-state index in [0.717, 1.165) is 33.2 Å². The Labute approximate surface area is 191 Å². The van der Waals surface area contributed by atoms with Crippen molar-refractivity contribution in [3.05, 3.63) is 78.6 Å². The summed E-state index contributed by atoms with van der Waals surface area (Å²) in [6, 6.07) is 19.3. The molecule has 0 spiro atoms. The number of carbonyl (C=O) groups is 1. The van der Waals surface area contributed by atoms with Gasteiger partial charge in [-0.3, -0.25) is 4.79 Å². The summed E-state index contributed by atoms with van der Waals surface area (Å²) in [4.78, 5) is 12.7. The highest BCUT2D eigenvalue weighted by Gasteiger charge is 2.16. The summed E-state index contributed by atoms with van der Waals surface area (Å²) in [5, 5.41) is 3.84.